The van der Waals surface area contributed by atoms with E-state index in [1.807, 2.05) is 6.34 Å². The van der Waals surface area contributed by atoms with Gasteiger partial charge in [0.1, 0.15) is 0 Å². The fraction of sp³-hybridized carbons (Fsp3) is 0.875. The second kappa shape index (κ2) is 3.59. The van der Waals surface area contributed by atoms with Gasteiger partial charge in [0.05, 0.1) is 6.34 Å². The van der Waals surface area contributed by atoms with Crippen LogP contribution in [0.15, 0.2) is 4.99 Å². The van der Waals surface area contributed by atoms with Gasteiger partial charge in [-0.1, -0.05) is 6.92 Å². The van der Waals surface area contributed by atoms with Crippen LogP contribution >= 0.6 is 0 Å². The van der Waals surface area contributed by atoms with Crippen molar-refractivity contribution in [3.63, 3.8) is 0 Å². The predicted molar refractivity (Wildman–Crippen MR) is 44.4 cm³/mol. The summed E-state index contributed by atoms with van der Waals surface area (Å²) < 4.78 is 0. The summed E-state index contributed by atoms with van der Waals surface area (Å²) in [4.78, 5) is 6.55. The molecule has 10 heavy (non-hydrogen) atoms. The van der Waals surface area contributed by atoms with Gasteiger partial charge in [-0.3, -0.25) is 4.99 Å². The third-order valence-electron chi connectivity index (χ3n) is 2.09. The van der Waals surface area contributed by atoms with Crippen molar-refractivity contribution in [1.82, 2.24) is 4.90 Å². The molecule has 1 unspecified atom stereocenters. The third-order valence-corrected chi connectivity index (χ3v) is 2.09. The van der Waals surface area contributed by atoms with E-state index >= 15 is 0 Å². The number of hydrogen-bond acceptors (Lipinski definition) is 2. The molecule has 2 nitrogen and oxygen atoms in total. The largest absolute Gasteiger partial charge is 0.360 e. The van der Waals surface area contributed by atoms with Gasteiger partial charge in [0.15, 0.2) is 0 Å². The molecule has 0 aliphatic carbocycles. The molecule has 0 fully saturated rings. The van der Waals surface area contributed by atoms with Crippen molar-refractivity contribution in [1.29, 1.82) is 0 Å². The van der Waals surface area contributed by atoms with Gasteiger partial charge in [-0.05, 0) is 19.8 Å². The van der Waals surface area contributed by atoms with E-state index in [0.29, 0.717) is 6.04 Å². The lowest BCUT2D eigenvalue weighted by Gasteiger charge is -2.28. The zero-order valence-electron chi connectivity index (χ0n) is 6.88. The van der Waals surface area contributed by atoms with E-state index in [1.165, 1.54) is 19.4 Å². The second-order valence-corrected chi connectivity index (χ2v) is 2.87. The van der Waals surface area contributed by atoms with Crippen LogP contribution in [0.25, 0.3) is 0 Å². The van der Waals surface area contributed by atoms with Crippen LogP contribution in [0.1, 0.15) is 26.7 Å². The van der Waals surface area contributed by atoms with E-state index in [1.54, 1.807) is 0 Å². The van der Waals surface area contributed by atoms with Crippen molar-refractivity contribution in [3.05, 3.63) is 0 Å². The van der Waals surface area contributed by atoms with Gasteiger partial charge < -0.3 is 4.90 Å². The maximum atomic E-state index is 4.23. The van der Waals surface area contributed by atoms with Crippen molar-refractivity contribution in [2.75, 3.05) is 13.1 Å². The van der Waals surface area contributed by atoms with Gasteiger partial charge in [0.2, 0.25) is 0 Å². The Morgan fingerprint density at radius 1 is 1.70 bits per heavy atom. The van der Waals surface area contributed by atoms with Crippen molar-refractivity contribution in [3.8, 4) is 0 Å². The first-order chi connectivity index (χ1) is 4.84. The third kappa shape index (κ3) is 1.72. The van der Waals surface area contributed by atoms with E-state index in [2.05, 4.69) is 23.7 Å². The Labute approximate surface area is 62.9 Å². The van der Waals surface area contributed by atoms with E-state index < -0.39 is 0 Å². The Morgan fingerprint density at radius 3 is 3.00 bits per heavy atom. The zero-order chi connectivity index (χ0) is 7.40. The Morgan fingerprint density at radius 2 is 2.50 bits per heavy atom. The first-order valence-electron chi connectivity index (χ1n) is 4.10. The van der Waals surface area contributed by atoms with E-state index in [-0.39, 0.29) is 0 Å². The van der Waals surface area contributed by atoms with Crippen LogP contribution in [0, 0.1) is 0 Å². The Kier molecular flexibility index (Phi) is 2.72. The molecule has 1 atom stereocenters. The van der Waals surface area contributed by atoms with E-state index in [9.17, 15) is 0 Å². The number of nitrogens with zero attached hydrogens (tertiary/aromatic N) is 2. The van der Waals surface area contributed by atoms with Crippen LogP contribution in [-0.2, 0) is 0 Å². The molecule has 1 aliphatic rings. The van der Waals surface area contributed by atoms with Crippen LogP contribution in [0.5, 0.6) is 0 Å². The molecule has 0 aromatic heterocycles. The number of rotatable bonds is 2. The monoisotopic (exact) mass is 140 g/mol. The van der Waals surface area contributed by atoms with Gasteiger partial charge in [-0.2, -0.15) is 0 Å². The summed E-state index contributed by atoms with van der Waals surface area (Å²) in [5, 5.41) is 0. The Balaban J connectivity index is 2.38. The minimum Gasteiger partial charge on any atom is -0.360 e. The van der Waals surface area contributed by atoms with Crippen molar-refractivity contribution in [2.45, 2.75) is 32.7 Å². The molecule has 0 N–H and O–H groups in total. The average molecular weight is 140 g/mol. The van der Waals surface area contributed by atoms with Gasteiger partial charge in [0.25, 0.3) is 0 Å². The molecule has 1 aliphatic heterocycles. The number of hydrogen-bond donors (Lipinski definition) is 0. The summed E-state index contributed by atoms with van der Waals surface area (Å²) in [6.45, 7) is 6.68. The Bertz CT molecular complexity index is 120. The molecule has 0 spiro atoms. The molecule has 1 heterocycles. The van der Waals surface area contributed by atoms with Crippen LogP contribution in [-0.4, -0.2) is 30.4 Å². The molecule has 0 bridgehead atoms. The van der Waals surface area contributed by atoms with Crippen molar-refractivity contribution >= 4 is 6.34 Å². The minimum atomic E-state index is 0.670. The summed E-state index contributed by atoms with van der Waals surface area (Å²) >= 11 is 0. The highest BCUT2D eigenvalue weighted by atomic mass is 15.2. The van der Waals surface area contributed by atoms with Gasteiger partial charge in [-0.25, -0.2) is 0 Å². The lowest BCUT2D eigenvalue weighted by Crippen LogP contribution is -2.34. The van der Waals surface area contributed by atoms with E-state index in [4.69, 9.17) is 0 Å². The minimum absolute atomic E-state index is 0.670. The van der Waals surface area contributed by atoms with Crippen LogP contribution in [0.4, 0.5) is 0 Å². The molecule has 0 amide bonds. The fourth-order valence-corrected chi connectivity index (χ4v) is 1.13. The maximum absolute atomic E-state index is 4.23. The highest BCUT2D eigenvalue weighted by Crippen LogP contribution is 2.04. The number of aliphatic imine (C=N–C) groups is 1. The predicted octanol–water partition coefficient (Wildman–Crippen LogP) is 1.52. The van der Waals surface area contributed by atoms with Crippen molar-refractivity contribution in [2.24, 2.45) is 4.99 Å². The summed E-state index contributed by atoms with van der Waals surface area (Å²) in [5.41, 5.74) is 0. The molecule has 58 valence electrons. The first-order valence-corrected chi connectivity index (χ1v) is 4.10. The standard InChI is InChI=1S/C8H16N2/c1-3-8(2)10-6-4-5-9-7-10/h7-8H,3-6H2,1-2H3. The van der Waals surface area contributed by atoms with Crippen LogP contribution in [0.2, 0.25) is 0 Å². The molecule has 0 saturated carbocycles. The average Bonchev–Trinajstić information content (AvgIpc) is 2.05. The van der Waals surface area contributed by atoms with Crippen LogP contribution in [0.3, 0.4) is 0 Å². The maximum Gasteiger partial charge on any atom is 0.0852 e. The zero-order valence-corrected chi connectivity index (χ0v) is 6.88. The lowest BCUT2D eigenvalue weighted by atomic mass is 10.2. The molecular formula is C8H16N2. The van der Waals surface area contributed by atoms with Gasteiger partial charge >= 0.3 is 0 Å². The van der Waals surface area contributed by atoms with Crippen molar-refractivity contribution < 1.29 is 0 Å². The van der Waals surface area contributed by atoms with Gasteiger partial charge in [-0.15, -0.1) is 0 Å². The Hall–Kier alpha value is -0.530. The molecule has 0 saturated heterocycles. The summed E-state index contributed by atoms with van der Waals surface area (Å²) in [6.07, 6.45) is 4.44. The highest BCUT2D eigenvalue weighted by molar-refractivity contribution is 5.56. The summed E-state index contributed by atoms with van der Waals surface area (Å²) in [5.74, 6) is 0. The van der Waals surface area contributed by atoms with Crippen LogP contribution < -0.4 is 0 Å². The molecule has 2 heteroatoms. The molecular weight excluding hydrogens is 124 g/mol. The molecule has 0 radical (unpaired) electrons. The molecule has 1 rings (SSSR count). The lowest BCUT2D eigenvalue weighted by molar-refractivity contribution is 0.317. The quantitative estimate of drug-likeness (QED) is 0.568. The highest BCUT2D eigenvalue weighted by Gasteiger charge is 2.09. The second-order valence-electron chi connectivity index (χ2n) is 2.87. The molecule has 0 aromatic rings. The normalized spacial score (nSPS) is 21.2. The first kappa shape index (κ1) is 7.58. The smallest absolute Gasteiger partial charge is 0.0852 e. The SMILES string of the molecule is CCC(C)N1C=NCCC1. The van der Waals surface area contributed by atoms with Gasteiger partial charge in [0, 0.05) is 19.1 Å². The summed E-state index contributed by atoms with van der Waals surface area (Å²) in [7, 11) is 0. The topological polar surface area (TPSA) is 15.6 Å². The fourth-order valence-electron chi connectivity index (χ4n) is 1.13. The molecule has 0 aromatic carbocycles. The van der Waals surface area contributed by atoms with E-state index in [0.717, 1.165) is 6.54 Å². The summed E-state index contributed by atoms with van der Waals surface area (Å²) in [6, 6.07) is 0.670.